The van der Waals surface area contributed by atoms with E-state index in [1.807, 2.05) is 19.1 Å². The van der Waals surface area contributed by atoms with Crippen LogP contribution in [0.25, 0.3) is 0 Å². The summed E-state index contributed by atoms with van der Waals surface area (Å²) in [4.78, 5) is 125. The number of hydrogen-bond acceptors (Lipinski definition) is 14. The highest BCUT2D eigenvalue weighted by Gasteiger charge is 2.46. The molecule has 434 valence electrons. The highest BCUT2D eigenvalue weighted by atomic mass is 32.1. The summed E-state index contributed by atoms with van der Waals surface area (Å²) in [6.07, 6.45) is 9.41. The lowest BCUT2D eigenvalue weighted by Gasteiger charge is -2.35. The van der Waals surface area contributed by atoms with Gasteiger partial charge in [-0.2, -0.15) is 0 Å². The lowest BCUT2D eigenvalue weighted by Crippen LogP contribution is -2.56. The molecule has 5 aromatic rings. The number of carbonyl (C=O) groups is 8. The fraction of sp³-hybridized carbons (Fsp3) is 0.475. The van der Waals surface area contributed by atoms with Crippen LogP contribution in [0.1, 0.15) is 171 Å². The van der Waals surface area contributed by atoms with Crippen LogP contribution >= 0.6 is 22.7 Å². The highest BCUT2D eigenvalue weighted by molar-refractivity contribution is 7.10. The molecule has 0 spiro atoms. The normalized spacial score (nSPS) is 21.0. The third-order valence-corrected chi connectivity index (χ3v) is 18.7. The van der Waals surface area contributed by atoms with Crippen LogP contribution in [0.4, 0.5) is 4.39 Å². The number of rotatable bonds is 20. The van der Waals surface area contributed by atoms with Gasteiger partial charge >= 0.3 is 0 Å². The minimum absolute atomic E-state index is 0.0888. The maximum Gasteiger partial charge on any atom is 0.251 e. The van der Waals surface area contributed by atoms with Gasteiger partial charge in [0.25, 0.3) is 11.8 Å². The van der Waals surface area contributed by atoms with E-state index in [0.29, 0.717) is 22.0 Å². The number of benzene rings is 3. The first-order valence-electron chi connectivity index (χ1n) is 28.6. The number of hydrogen-bond donors (Lipinski definition) is 6. The second kappa shape index (κ2) is 26.9. The smallest absolute Gasteiger partial charge is 0.251 e. The zero-order valence-corrected chi connectivity index (χ0v) is 48.6. The van der Waals surface area contributed by atoms with E-state index < -0.39 is 71.7 Å². The molecule has 0 unspecified atom stereocenters. The molecule has 6 amide bonds. The number of likely N-dealkylation sites (N-methyl/N-ethyl adjacent to an activating group) is 2. The van der Waals surface area contributed by atoms with E-state index >= 15 is 0 Å². The Morgan fingerprint density at radius 2 is 0.902 bits per heavy atom. The molecule has 2 aliphatic carbocycles. The van der Waals surface area contributed by atoms with Crippen LogP contribution in [0.5, 0.6) is 0 Å². The molecule has 9 rings (SSSR count). The van der Waals surface area contributed by atoms with Gasteiger partial charge in [0.05, 0.1) is 24.2 Å². The molecule has 4 heterocycles. The van der Waals surface area contributed by atoms with Crippen molar-refractivity contribution in [3.8, 4) is 0 Å². The van der Waals surface area contributed by atoms with Gasteiger partial charge in [-0.25, -0.2) is 14.4 Å². The highest BCUT2D eigenvalue weighted by Crippen LogP contribution is 2.39. The quantitative estimate of drug-likeness (QED) is 0.0432. The summed E-state index contributed by atoms with van der Waals surface area (Å²) < 4.78 is 13.8. The first-order chi connectivity index (χ1) is 39.5. The molecule has 21 heteroatoms. The number of nitrogens with one attached hydrogen (secondary N) is 6. The predicted molar refractivity (Wildman–Crippen MR) is 310 cm³/mol. The summed E-state index contributed by atoms with van der Waals surface area (Å²) >= 11 is 2.48. The largest absolute Gasteiger partial charge is 0.347 e. The molecule has 4 fully saturated rings. The average Bonchev–Trinajstić information content (AvgIpc) is 4.35. The third-order valence-electron chi connectivity index (χ3n) is 16.8. The van der Waals surface area contributed by atoms with E-state index in [-0.39, 0.29) is 88.8 Å². The molecule has 2 aliphatic heterocycles. The van der Waals surface area contributed by atoms with Crippen LogP contribution in [0.2, 0.25) is 0 Å². The van der Waals surface area contributed by atoms with Crippen LogP contribution in [-0.4, -0.2) is 130 Å². The second-order valence-corrected chi connectivity index (χ2v) is 24.1. The van der Waals surface area contributed by atoms with E-state index in [1.165, 1.54) is 46.9 Å². The lowest BCUT2D eigenvalue weighted by molar-refractivity contribution is -0.139. The topological polar surface area (TPSA) is 241 Å². The molecule has 8 atom stereocenters. The number of ketones is 2. The Morgan fingerprint density at radius 1 is 0.537 bits per heavy atom. The number of aromatic nitrogens is 2. The molecule has 82 heavy (non-hydrogen) atoms. The van der Waals surface area contributed by atoms with Gasteiger partial charge in [-0.3, -0.25) is 38.4 Å². The number of carbonyl (C=O) groups excluding carboxylic acids is 8. The van der Waals surface area contributed by atoms with Crippen molar-refractivity contribution in [2.45, 2.75) is 146 Å². The first-order valence-corrected chi connectivity index (χ1v) is 30.4. The number of halogens is 1. The average molecular weight is 1160 g/mol. The molecule has 0 radical (unpaired) electrons. The fourth-order valence-electron chi connectivity index (χ4n) is 11.7. The lowest BCUT2D eigenvalue weighted by atomic mass is 9.83. The number of thiazole rings is 2. The Morgan fingerprint density at radius 3 is 1.28 bits per heavy atom. The summed E-state index contributed by atoms with van der Waals surface area (Å²) in [5.41, 5.74) is 2.67. The minimum atomic E-state index is -0.836. The van der Waals surface area contributed by atoms with Gasteiger partial charge in [-0.1, -0.05) is 68.4 Å². The summed E-state index contributed by atoms with van der Waals surface area (Å²) in [6.45, 7) is 5.61. The number of amides is 6. The van der Waals surface area contributed by atoms with Crippen LogP contribution < -0.4 is 31.9 Å². The predicted octanol–water partition coefficient (Wildman–Crippen LogP) is 7.00. The summed E-state index contributed by atoms with van der Waals surface area (Å²) in [5, 5.41) is 22.6. The Kier molecular flexibility index (Phi) is 19.5. The molecule has 2 aromatic heterocycles. The molecular weight excluding hydrogens is 1080 g/mol. The van der Waals surface area contributed by atoms with Crippen molar-refractivity contribution in [1.29, 1.82) is 0 Å². The molecule has 0 bridgehead atoms. The van der Waals surface area contributed by atoms with E-state index in [0.717, 1.165) is 69.8 Å². The third kappa shape index (κ3) is 13.9. The van der Waals surface area contributed by atoms with Crippen molar-refractivity contribution in [3.63, 3.8) is 0 Å². The first kappa shape index (κ1) is 59.5. The zero-order valence-electron chi connectivity index (χ0n) is 47.0. The van der Waals surface area contributed by atoms with Gasteiger partial charge in [0.15, 0.2) is 0 Å². The van der Waals surface area contributed by atoms with E-state index in [4.69, 9.17) is 9.97 Å². The van der Waals surface area contributed by atoms with Crippen molar-refractivity contribution in [2.75, 3.05) is 27.2 Å². The van der Waals surface area contributed by atoms with Crippen LogP contribution in [0.3, 0.4) is 0 Å². The van der Waals surface area contributed by atoms with Crippen molar-refractivity contribution in [2.24, 2.45) is 11.8 Å². The van der Waals surface area contributed by atoms with Gasteiger partial charge in [0, 0.05) is 58.2 Å². The second-order valence-electron chi connectivity index (χ2n) is 22.4. The van der Waals surface area contributed by atoms with Gasteiger partial charge in [-0.15, -0.1) is 22.7 Å². The van der Waals surface area contributed by atoms with E-state index in [1.54, 1.807) is 84.9 Å². The van der Waals surface area contributed by atoms with Crippen molar-refractivity contribution >= 4 is 69.7 Å². The maximum absolute atomic E-state index is 15.0. The van der Waals surface area contributed by atoms with E-state index in [9.17, 15) is 42.7 Å². The van der Waals surface area contributed by atoms with Crippen LogP contribution in [-0.2, 0) is 19.2 Å². The molecule has 2 saturated carbocycles. The van der Waals surface area contributed by atoms with Gasteiger partial charge in [0.1, 0.15) is 39.3 Å². The number of aryl methyl sites for hydroxylation is 1. The monoisotopic (exact) mass is 1160 g/mol. The molecule has 6 N–H and O–H groups in total. The Labute approximate surface area is 485 Å². The van der Waals surface area contributed by atoms with Crippen LogP contribution in [0, 0.1) is 24.6 Å². The van der Waals surface area contributed by atoms with Gasteiger partial charge in [-0.05, 0) is 134 Å². The van der Waals surface area contributed by atoms with Crippen molar-refractivity contribution in [1.82, 2.24) is 51.7 Å². The minimum Gasteiger partial charge on any atom is -0.347 e. The standard InChI is InChI=1S/C61H73FN10O8S2/c1-34-16-18-39(19-17-34)52(73)46-32-81-58(67-46)48-28-44(30-71(48)60(79)50(37-12-8-6-9-13-37)69-54(75)35(2)63-4)65-56(77)41-20-22-42(23-21-41)57(78)66-45-29-49(59-68-47(33-82-59)53(74)40-24-26-43(62)27-25-40)72(31-45)61(80)51(38-14-10-7-11-15-38)70-55(76)36(3)64-5/h16-27,32-33,35-38,44-45,48-51,63-64H,6-15,28-31H2,1-5H3,(H,65,77)(H,66,78)(H,69,75)(H,70,76)/t35-,36-,44-,45-,48-,49-,50-,51-/m0/s1. The summed E-state index contributed by atoms with van der Waals surface area (Å²) in [6, 6.07) is 13.5. The van der Waals surface area contributed by atoms with E-state index in [2.05, 4.69) is 31.9 Å². The maximum atomic E-state index is 15.0. The van der Waals surface area contributed by atoms with Crippen molar-refractivity contribution in [3.05, 3.63) is 139 Å². The van der Waals surface area contributed by atoms with Gasteiger partial charge < -0.3 is 41.7 Å². The fourth-order valence-corrected chi connectivity index (χ4v) is 13.6. The number of likely N-dealkylation sites (tertiary alicyclic amines) is 2. The van der Waals surface area contributed by atoms with Crippen LogP contribution in [0.15, 0.2) is 83.6 Å². The molecule has 18 nitrogen and oxygen atoms in total. The zero-order chi connectivity index (χ0) is 58.2. The molecule has 4 aliphatic rings. The Bertz CT molecular complexity index is 2920. The molecule has 2 saturated heterocycles. The van der Waals surface area contributed by atoms with Crippen molar-refractivity contribution < 1.29 is 42.7 Å². The number of nitrogens with zero attached hydrogens (tertiary/aromatic N) is 4. The molecule has 3 aromatic carbocycles. The summed E-state index contributed by atoms with van der Waals surface area (Å²) in [7, 11) is 3.36. The van der Waals surface area contributed by atoms with Gasteiger partial charge in [0.2, 0.25) is 35.2 Å². The Hall–Kier alpha value is -7.07. The summed E-state index contributed by atoms with van der Waals surface area (Å²) in [5.74, 6) is -3.40. The SMILES string of the molecule is CN[C@@H](C)C(=O)N[C@H](C(=O)N1C[C@@H](NC(=O)c2ccc(C(=O)N[C@H]3C[C@@H](c4nc(C(=O)c5ccc(F)cc5)cs4)N(C(=O)[C@@H](NC(=O)[C@H](C)NC)C4CCCCC4)C3)cc2)C[C@H]1c1nc(C(=O)c2ccc(C)cc2)cs1)C1CCCCC1. The molecular formula is C61H73FN10O8S2. The Balaban J connectivity index is 0.916.